The molecule has 3 aromatic rings. The number of anilines is 1. The average molecular weight is 370 g/mol. The van der Waals surface area contributed by atoms with Gasteiger partial charge in [0.2, 0.25) is 0 Å². The van der Waals surface area contributed by atoms with Gasteiger partial charge in [-0.15, -0.1) is 0 Å². The Bertz CT molecular complexity index is 967. The van der Waals surface area contributed by atoms with Crippen LogP contribution in [-0.2, 0) is 6.54 Å². The zero-order valence-corrected chi connectivity index (χ0v) is 17.1. The quantitative estimate of drug-likeness (QED) is 0.569. The van der Waals surface area contributed by atoms with Crippen LogP contribution in [-0.4, -0.2) is 16.5 Å². The fraction of sp³-hybridized carbons (Fsp3) is 0.280. The molecule has 3 heteroatoms. The summed E-state index contributed by atoms with van der Waals surface area (Å²) >= 11 is 0. The van der Waals surface area contributed by atoms with Gasteiger partial charge in [0.1, 0.15) is 11.6 Å². The summed E-state index contributed by atoms with van der Waals surface area (Å²) in [4.78, 5) is 11.9. The van der Waals surface area contributed by atoms with Gasteiger partial charge in [0, 0.05) is 24.6 Å². The van der Waals surface area contributed by atoms with Crippen LogP contribution in [0.3, 0.4) is 0 Å². The van der Waals surface area contributed by atoms with Gasteiger partial charge in [-0.05, 0) is 31.5 Å². The largest absolute Gasteiger partial charge is 0.351 e. The molecule has 0 N–H and O–H groups in total. The number of nitrogens with zero attached hydrogens (tertiary/aromatic N) is 3. The van der Waals surface area contributed by atoms with Gasteiger partial charge < -0.3 is 4.90 Å². The molecule has 28 heavy (non-hydrogen) atoms. The molecule has 0 spiro atoms. The Balaban J connectivity index is 2.07. The van der Waals surface area contributed by atoms with Gasteiger partial charge >= 0.3 is 0 Å². The first-order valence-corrected chi connectivity index (χ1v) is 9.83. The van der Waals surface area contributed by atoms with Crippen LogP contribution in [0.15, 0.2) is 60.7 Å². The van der Waals surface area contributed by atoms with Crippen LogP contribution >= 0.6 is 0 Å². The molecule has 0 saturated heterocycles. The number of hydrogen-bond acceptors (Lipinski definition) is 3. The average Bonchev–Trinajstić information content (AvgIpc) is 2.72. The Hall–Kier alpha value is -3.12. The lowest BCUT2D eigenvalue weighted by atomic mass is 10.1. The molecule has 0 fully saturated rings. The number of hydrogen-bond donors (Lipinski definition) is 0. The van der Waals surface area contributed by atoms with Gasteiger partial charge in [-0.2, -0.15) is 0 Å². The highest BCUT2D eigenvalue weighted by molar-refractivity contribution is 5.59. The second-order valence-corrected chi connectivity index (χ2v) is 7.14. The van der Waals surface area contributed by atoms with E-state index < -0.39 is 0 Å². The van der Waals surface area contributed by atoms with Crippen LogP contribution in [0.4, 0.5) is 5.82 Å². The summed E-state index contributed by atoms with van der Waals surface area (Å²) < 4.78 is 0. The lowest BCUT2D eigenvalue weighted by Gasteiger charge is -2.25. The van der Waals surface area contributed by atoms with E-state index in [0.717, 1.165) is 41.6 Å². The molecule has 142 valence electrons. The van der Waals surface area contributed by atoms with E-state index in [1.165, 1.54) is 5.56 Å². The molecule has 0 amide bonds. The van der Waals surface area contributed by atoms with Crippen molar-refractivity contribution in [2.24, 2.45) is 0 Å². The molecule has 0 radical (unpaired) electrons. The molecular formula is C25H27N3. The molecule has 0 aliphatic heterocycles. The van der Waals surface area contributed by atoms with Crippen molar-refractivity contribution >= 4 is 5.82 Å². The van der Waals surface area contributed by atoms with Crippen LogP contribution in [0.1, 0.15) is 54.9 Å². The monoisotopic (exact) mass is 369 g/mol. The molecule has 0 bridgehead atoms. The van der Waals surface area contributed by atoms with Gasteiger partial charge in [-0.1, -0.05) is 74.2 Å². The Kier molecular flexibility index (Phi) is 6.45. The zero-order valence-electron chi connectivity index (χ0n) is 17.1. The number of aryl methyl sites for hydroxylation is 1. The molecule has 2 aromatic carbocycles. The highest BCUT2D eigenvalue weighted by Crippen LogP contribution is 2.24. The Morgan fingerprint density at radius 2 is 1.54 bits per heavy atom. The van der Waals surface area contributed by atoms with Crippen molar-refractivity contribution < 1.29 is 0 Å². The van der Waals surface area contributed by atoms with E-state index in [1.807, 2.05) is 43.3 Å². The number of aromatic nitrogens is 2. The summed E-state index contributed by atoms with van der Waals surface area (Å²) in [5, 5.41) is 0. The maximum atomic E-state index is 4.92. The fourth-order valence-electron chi connectivity index (χ4n) is 3.01. The minimum Gasteiger partial charge on any atom is -0.351 e. The van der Waals surface area contributed by atoms with Crippen molar-refractivity contribution in [1.29, 1.82) is 0 Å². The van der Waals surface area contributed by atoms with E-state index in [0.29, 0.717) is 0 Å². The third-order valence-corrected chi connectivity index (χ3v) is 4.61. The third-order valence-electron chi connectivity index (χ3n) is 4.61. The van der Waals surface area contributed by atoms with Crippen molar-refractivity contribution in [3.63, 3.8) is 0 Å². The molecule has 1 heterocycles. The fourth-order valence-corrected chi connectivity index (χ4v) is 3.01. The van der Waals surface area contributed by atoms with E-state index in [9.17, 15) is 0 Å². The first kappa shape index (κ1) is 19.6. The van der Waals surface area contributed by atoms with Crippen molar-refractivity contribution in [3.05, 3.63) is 88.9 Å². The maximum Gasteiger partial charge on any atom is 0.148 e. The second-order valence-electron chi connectivity index (χ2n) is 7.14. The maximum absolute atomic E-state index is 4.92. The first-order chi connectivity index (χ1) is 13.6. The molecular weight excluding hydrogens is 342 g/mol. The van der Waals surface area contributed by atoms with Gasteiger partial charge in [0.05, 0.1) is 11.3 Å². The predicted octanol–water partition coefficient (Wildman–Crippen LogP) is 5.33. The summed E-state index contributed by atoms with van der Waals surface area (Å²) in [5.74, 6) is 8.68. The molecule has 0 atom stereocenters. The molecule has 1 aromatic heterocycles. The van der Waals surface area contributed by atoms with E-state index in [2.05, 4.69) is 61.8 Å². The SMILES string of the molecule is CCN(Cc1ccccc1)c1nc(C(C)C)nc(C)c1C#Cc1ccccc1. The molecule has 0 aliphatic carbocycles. The van der Waals surface area contributed by atoms with E-state index >= 15 is 0 Å². The second kappa shape index (κ2) is 9.19. The van der Waals surface area contributed by atoms with E-state index in [1.54, 1.807) is 0 Å². The topological polar surface area (TPSA) is 29.0 Å². The highest BCUT2D eigenvalue weighted by atomic mass is 15.2. The third kappa shape index (κ3) is 4.78. The molecule has 0 saturated carbocycles. The predicted molar refractivity (Wildman–Crippen MR) is 116 cm³/mol. The van der Waals surface area contributed by atoms with Crippen molar-refractivity contribution in [1.82, 2.24) is 9.97 Å². The van der Waals surface area contributed by atoms with Crippen LogP contribution in [0.5, 0.6) is 0 Å². The lowest BCUT2D eigenvalue weighted by Crippen LogP contribution is -2.25. The summed E-state index contributed by atoms with van der Waals surface area (Å²) in [6.45, 7) is 10.1. The minimum atomic E-state index is 0.268. The standard InChI is InChI=1S/C25H27N3/c1-5-28(18-22-14-10-7-11-15-22)25-23(17-16-21-12-8-6-9-13-21)20(4)26-24(27-25)19(2)3/h6-15,19H,5,18H2,1-4H3. The summed E-state index contributed by atoms with van der Waals surface area (Å²) in [7, 11) is 0. The Labute approximate surface area is 168 Å². The van der Waals surface area contributed by atoms with Crippen molar-refractivity contribution in [2.45, 2.75) is 40.2 Å². The smallest absolute Gasteiger partial charge is 0.148 e. The summed E-state index contributed by atoms with van der Waals surface area (Å²) in [5.41, 5.74) is 4.09. The molecule has 3 rings (SSSR count). The van der Waals surface area contributed by atoms with Crippen LogP contribution in [0.2, 0.25) is 0 Å². The first-order valence-electron chi connectivity index (χ1n) is 9.83. The molecule has 0 unspecified atom stereocenters. The summed E-state index contributed by atoms with van der Waals surface area (Å²) in [6, 6.07) is 20.5. The van der Waals surface area contributed by atoms with E-state index in [4.69, 9.17) is 9.97 Å². The number of rotatable bonds is 5. The van der Waals surface area contributed by atoms with Gasteiger partial charge in [0.25, 0.3) is 0 Å². The normalized spacial score (nSPS) is 10.5. The molecule has 3 nitrogen and oxygen atoms in total. The zero-order chi connectivity index (χ0) is 19.9. The summed E-state index contributed by atoms with van der Waals surface area (Å²) in [6.07, 6.45) is 0. The lowest BCUT2D eigenvalue weighted by molar-refractivity contribution is 0.739. The minimum absolute atomic E-state index is 0.268. The van der Waals surface area contributed by atoms with Gasteiger partial charge in [-0.3, -0.25) is 0 Å². The highest BCUT2D eigenvalue weighted by Gasteiger charge is 2.17. The molecule has 0 aliphatic rings. The van der Waals surface area contributed by atoms with Crippen molar-refractivity contribution in [3.8, 4) is 11.8 Å². The van der Waals surface area contributed by atoms with Crippen LogP contribution < -0.4 is 4.90 Å². The van der Waals surface area contributed by atoms with Gasteiger partial charge in [0.15, 0.2) is 0 Å². The Morgan fingerprint density at radius 3 is 2.14 bits per heavy atom. The van der Waals surface area contributed by atoms with E-state index in [-0.39, 0.29) is 5.92 Å². The Morgan fingerprint density at radius 1 is 0.893 bits per heavy atom. The number of benzene rings is 2. The van der Waals surface area contributed by atoms with Gasteiger partial charge in [-0.25, -0.2) is 9.97 Å². The van der Waals surface area contributed by atoms with Crippen LogP contribution in [0.25, 0.3) is 0 Å². The van der Waals surface area contributed by atoms with Crippen LogP contribution in [0, 0.1) is 18.8 Å². The van der Waals surface area contributed by atoms with Crippen molar-refractivity contribution in [2.75, 3.05) is 11.4 Å².